The second kappa shape index (κ2) is 11.8. The predicted molar refractivity (Wildman–Crippen MR) is 164 cm³/mol. The second-order valence-corrected chi connectivity index (χ2v) is 11.8. The highest BCUT2D eigenvalue weighted by atomic mass is 16.1. The van der Waals surface area contributed by atoms with Gasteiger partial charge in [-0.05, 0) is 72.9 Å². The van der Waals surface area contributed by atoms with E-state index in [9.17, 15) is 4.79 Å². The molecule has 1 atom stereocenters. The minimum absolute atomic E-state index is 0.125. The van der Waals surface area contributed by atoms with Gasteiger partial charge in [0.05, 0.1) is 17.3 Å². The molecule has 1 saturated heterocycles. The van der Waals surface area contributed by atoms with Crippen molar-refractivity contribution in [1.82, 2.24) is 20.3 Å². The lowest BCUT2D eigenvalue weighted by Crippen LogP contribution is -2.37. The lowest BCUT2D eigenvalue weighted by molar-refractivity contribution is 0.0936. The van der Waals surface area contributed by atoms with Gasteiger partial charge in [0.25, 0.3) is 5.91 Å². The number of benzene rings is 2. The van der Waals surface area contributed by atoms with E-state index in [4.69, 9.17) is 9.97 Å². The number of piperidine rings is 1. The quantitative estimate of drug-likeness (QED) is 0.268. The Bertz CT molecular complexity index is 1480. The van der Waals surface area contributed by atoms with Crippen molar-refractivity contribution in [3.63, 3.8) is 0 Å². The fourth-order valence-corrected chi connectivity index (χ4v) is 6.54. The first kappa shape index (κ1) is 27.1. The molecule has 0 bridgehead atoms. The SMILES string of the molecule is CC1CCN(c2ncc(C(=O)NC(C)c3cccc(-c4cccnc4)c3)c(C3(c4ccccc4)CCCC3)n2)CC1. The van der Waals surface area contributed by atoms with Crippen LogP contribution in [0.3, 0.4) is 0 Å². The minimum Gasteiger partial charge on any atom is -0.345 e. The van der Waals surface area contributed by atoms with Gasteiger partial charge >= 0.3 is 0 Å². The van der Waals surface area contributed by atoms with Crippen LogP contribution in [0, 0.1) is 5.92 Å². The molecule has 0 spiro atoms. The van der Waals surface area contributed by atoms with Crippen LogP contribution in [0.2, 0.25) is 0 Å². The van der Waals surface area contributed by atoms with E-state index in [1.54, 1.807) is 12.4 Å². The third kappa shape index (κ3) is 5.61. The molecule has 210 valence electrons. The van der Waals surface area contributed by atoms with Gasteiger partial charge in [-0.1, -0.05) is 74.4 Å². The van der Waals surface area contributed by atoms with E-state index in [0.29, 0.717) is 5.56 Å². The molecule has 6 heteroatoms. The predicted octanol–water partition coefficient (Wildman–Crippen LogP) is 7.13. The lowest BCUT2D eigenvalue weighted by atomic mass is 9.74. The molecular formula is C35H39N5O. The average Bonchev–Trinajstić information content (AvgIpc) is 3.53. The molecule has 2 fully saturated rings. The summed E-state index contributed by atoms with van der Waals surface area (Å²) in [5.74, 6) is 1.35. The van der Waals surface area contributed by atoms with Crippen LogP contribution >= 0.6 is 0 Å². The van der Waals surface area contributed by atoms with Gasteiger partial charge in [-0.25, -0.2) is 9.97 Å². The molecule has 41 heavy (non-hydrogen) atoms. The topological polar surface area (TPSA) is 71.0 Å². The summed E-state index contributed by atoms with van der Waals surface area (Å²) in [5.41, 5.74) is 5.57. The van der Waals surface area contributed by atoms with Crippen molar-refractivity contribution in [2.75, 3.05) is 18.0 Å². The maximum atomic E-state index is 14.1. The van der Waals surface area contributed by atoms with Crippen LogP contribution < -0.4 is 10.2 Å². The molecular weight excluding hydrogens is 506 g/mol. The maximum Gasteiger partial charge on any atom is 0.255 e. The number of aromatic nitrogens is 3. The second-order valence-electron chi connectivity index (χ2n) is 11.8. The summed E-state index contributed by atoms with van der Waals surface area (Å²) in [6.07, 6.45) is 11.9. The fraction of sp³-hybridized carbons (Fsp3) is 0.371. The Labute approximate surface area is 243 Å². The third-order valence-electron chi connectivity index (χ3n) is 9.05. The molecule has 6 rings (SSSR count). The van der Waals surface area contributed by atoms with E-state index in [0.717, 1.165) is 85.9 Å². The number of carbonyl (C=O) groups is 1. The zero-order valence-electron chi connectivity index (χ0n) is 24.1. The number of nitrogens with one attached hydrogen (secondary N) is 1. The molecule has 2 aromatic heterocycles. The van der Waals surface area contributed by atoms with Crippen LogP contribution in [0.1, 0.15) is 85.6 Å². The smallest absolute Gasteiger partial charge is 0.255 e. The number of carbonyl (C=O) groups excluding carboxylic acids is 1. The standard InChI is InChI=1S/C35H39N5O/c1-25-15-20-40(21-16-25)34-37-24-31(32(39-34)35(17-6-7-18-35)30-13-4-3-5-14-30)33(41)38-26(2)27-10-8-11-28(22-27)29-12-9-19-36-23-29/h3-5,8-14,19,22-26H,6-7,15-18,20-21H2,1-2H3,(H,38,41). The number of hydrogen-bond donors (Lipinski definition) is 1. The van der Waals surface area contributed by atoms with Gasteiger partial charge in [0.2, 0.25) is 5.95 Å². The molecule has 1 aliphatic carbocycles. The molecule has 1 amide bonds. The van der Waals surface area contributed by atoms with Crippen LogP contribution in [-0.2, 0) is 5.41 Å². The molecule has 1 aliphatic heterocycles. The first-order chi connectivity index (χ1) is 20.0. The van der Waals surface area contributed by atoms with Crippen molar-refractivity contribution in [1.29, 1.82) is 0 Å². The van der Waals surface area contributed by atoms with Gasteiger partial charge in [-0.15, -0.1) is 0 Å². The molecule has 3 heterocycles. The van der Waals surface area contributed by atoms with Gasteiger partial charge < -0.3 is 10.2 Å². The number of anilines is 1. The van der Waals surface area contributed by atoms with E-state index >= 15 is 0 Å². The molecule has 6 nitrogen and oxygen atoms in total. The normalized spacial score (nSPS) is 17.8. The van der Waals surface area contributed by atoms with Crippen molar-refractivity contribution in [3.8, 4) is 11.1 Å². The Morgan fingerprint density at radius 1 is 0.951 bits per heavy atom. The van der Waals surface area contributed by atoms with Gasteiger partial charge in [-0.3, -0.25) is 9.78 Å². The monoisotopic (exact) mass is 545 g/mol. The number of nitrogens with zero attached hydrogens (tertiary/aromatic N) is 4. The third-order valence-corrected chi connectivity index (χ3v) is 9.05. The molecule has 1 saturated carbocycles. The number of rotatable bonds is 7. The number of pyridine rings is 1. The first-order valence-corrected chi connectivity index (χ1v) is 15.0. The van der Waals surface area contributed by atoms with Crippen molar-refractivity contribution in [3.05, 3.63) is 108 Å². The summed E-state index contributed by atoms with van der Waals surface area (Å²) in [7, 11) is 0. The van der Waals surface area contributed by atoms with Crippen molar-refractivity contribution in [2.45, 2.75) is 63.8 Å². The highest BCUT2D eigenvalue weighted by molar-refractivity contribution is 5.96. The Balaban J connectivity index is 1.35. The van der Waals surface area contributed by atoms with Crippen molar-refractivity contribution < 1.29 is 4.79 Å². The highest BCUT2D eigenvalue weighted by Crippen LogP contribution is 2.47. The summed E-state index contributed by atoms with van der Waals surface area (Å²) in [5, 5.41) is 3.28. The van der Waals surface area contributed by atoms with Gasteiger partial charge in [-0.2, -0.15) is 0 Å². The number of hydrogen-bond acceptors (Lipinski definition) is 5. The van der Waals surface area contributed by atoms with E-state index in [1.165, 1.54) is 5.56 Å². The molecule has 1 N–H and O–H groups in total. The molecule has 4 aromatic rings. The first-order valence-electron chi connectivity index (χ1n) is 15.0. The maximum absolute atomic E-state index is 14.1. The Kier molecular flexibility index (Phi) is 7.82. The Morgan fingerprint density at radius 3 is 2.44 bits per heavy atom. The number of amides is 1. The Morgan fingerprint density at radius 2 is 1.71 bits per heavy atom. The van der Waals surface area contributed by atoms with E-state index in [1.807, 2.05) is 31.3 Å². The van der Waals surface area contributed by atoms with E-state index in [-0.39, 0.29) is 17.4 Å². The summed E-state index contributed by atoms with van der Waals surface area (Å²) in [6.45, 7) is 6.25. The van der Waals surface area contributed by atoms with Crippen LogP contribution in [0.5, 0.6) is 0 Å². The summed E-state index contributed by atoms with van der Waals surface area (Å²) >= 11 is 0. The zero-order valence-corrected chi connectivity index (χ0v) is 24.1. The fourth-order valence-electron chi connectivity index (χ4n) is 6.54. The molecule has 2 aromatic carbocycles. The van der Waals surface area contributed by atoms with Gasteiger partial charge in [0.15, 0.2) is 0 Å². The van der Waals surface area contributed by atoms with Crippen molar-refractivity contribution >= 4 is 11.9 Å². The zero-order chi connectivity index (χ0) is 28.2. The van der Waals surface area contributed by atoms with Crippen LogP contribution in [0.4, 0.5) is 5.95 Å². The van der Waals surface area contributed by atoms with E-state index < -0.39 is 0 Å². The molecule has 2 aliphatic rings. The largest absolute Gasteiger partial charge is 0.345 e. The van der Waals surface area contributed by atoms with Crippen LogP contribution in [-0.4, -0.2) is 33.9 Å². The average molecular weight is 546 g/mol. The van der Waals surface area contributed by atoms with Crippen molar-refractivity contribution in [2.24, 2.45) is 5.92 Å². The van der Waals surface area contributed by atoms with E-state index in [2.05, 4.69) is 70.7 Å². The van der Waals surface area contributed by atoms with Gasteiger partial charge in [0, 0.05) is 37.1 Å². The highest BCUT2D eigenvalue weighted by Gasteiger charge is 2.42. The summed E-state index contributed by atoms with van der Waals surface area (Å²) in [6, 6.07) is 22.7. The Hall–Kier alpha value is -4.06. The summed E-state index contributed by atoms with van der Waals surface area (Å²) in [4.78, 5) is 30.6. The van der Waals surface area contributed by atoms with Gasteiger partial charge in [0.1, 0.15) is 0 Å². The van der Waals surface area contributed by atoms with Crippen LogP contribution in [0.15, 0.2) is 85.3 Å². The molecule has 1 unspecified atom stereocenters. The minimum atomic E-state index is -0.293. The molecule has 0 radical (unpaired) electrons. The van der Waals surface area contributed by atoms with Crippen LogP contribution in [0.25, 0.3) is 11.1 Å². The lowest BCUT2D eigenvalue weighted by Gasteiger charge is -2.34. The summed E-state index contributed by atoms with van der Waals surface area (Å²) < 4.78 is 0.